The fourth-order valence-corrected chi connectivity index (χ4v) is 1.70. The van der Waals surface area contributed by atoms with Crippen molar-refractivity contribution < 1.29 is 19.0 Å². The molecular formula is C15H20O4. The monoisotopic (exact) mass is 264 g/mol. The number of hydrogen-bond donors (Lipinski definition) is 0. The third kappa shape index (κ3) is 3.50. The molecule has 1 aromatic carbocycles. The van der Waals surface area contributed by atoms with Crippen LogP contribution >= 0.6 is 0 Å². The molecule has 0 N–H and O–H groups in total. The fraction of sp³-hybridized carbons (Fsp3) is 0.400. The van der Waals surface area contributed by atoms with Gasteiger partial charge >= 0.3 is 5.97 Å². The van der Waals surface area contributed by atoms with Gasteiger partial charge in [-0.3, -0.25) is 0 Å². The van der Waals surface area contributed by atoms with E-state index in [9.17, 15) is 4.79 Å². The molecule has 4 heteroatoms. The maximum atomic E-state index is 11.8. The second-order valence-corrected chi connectivity index (χ2v) is 4.04. The quantitative estimate of drug-likeness (QED) is 0.605. The molecule has 0 aliphatic heterocycles. The van der Waals surface area contributed by atoms with E-state index in [0.29, 0.717) is 23.7 Å². The number of carbonyl (C=O) groups excluding carboxylic acids is 1. The maximum Gasteiger partial charge on any atom is 0.333 e. The van der Waals surface area contributed by atoms with Crippen LogP contribution in [0.2, 0.25) is 0 Å². The van der Waals surface area contributed by atoms with E-state index >= 15 is 0 Å². The lowest BCUT2D eigenvalue weighted by Crippen LogP contribution is -2.07. The zero-order valence-electron chi connectivity index (χ0n) is 12.1. The summed E-state index contributed by atoms with van der Waals surface area (Å²) >= 11 is 0. The highest BCUT2D eigenvalue weighted by atomic mass is 16.5. The van der Waals surface area contributed by atoms with E-state index < -0.39 is 0 Å². The molecule has 1 rings (SSSR count). The molecule has 0 amide bonds. The normalized spacial score (nSPS) is 11.6. The first-order valence-electron chi connectivity index (χ1n) is 6.12. The Balaban J connectivity index is 3.26. The molecule has 0 radical (unpaired) electrons. The van der Waals surface area contributed by atoms with Crippen LogP contribution in [0.5, 0.6) is 11.5 Å². The average molecular weight is 264 g/mol. The minimum atomic E-state index is -0.315. The van der Waals surface area contributed by atoms with Crippen molar-refractivity contribution in [2.75, 3.05) is 20.8 Å². The van der Waals surface area contributed by atoms with Crippen LogP contribution in [-0.4, -0.2) is 26.8 Å². The topological polar surface area (TPSA) is 44.8 Å². The van der Waals surface area contributed by atoms with Crippen molar-refractivity contribution in [2.24, 2.45) is 0 Å². The second kappa shape index (κ2) is 6.83. The van der Waals surface area contributed by atoms with Crippen molar-refractivity contribution in [2.45, 2.75) is 20.8 Å². The highest BCUT2D eigenvalue weighted by molar-refractivity contribution is 5.97. The molecule has 0 saturated heterocycles. The van der Waals surface area contributed by atoms with Gasteiger partial charge < -0.3 is 14.2 Å². The van der Waals surface area contributed by atoms with Gasteiger partial charge in [0.15, 0.2) is 0 Å². The van der Waals surface area contributed by atoms with Gasteiger partial charge in [0, 0.05) is 11.1 Å². The number of allylic oxidation sites excluding steroid dienone is 1. The Morgan fingerprint density at radius 3 is 2.37 bits per heavy atom. The number of carbonyl (C=O) groups is 1. The van der Waals surface area contributed by atoms with E-state index in [0.717, 1.165) is 11.1 Å². The van der Waals surface area contributed by atoms with E-state index in [1.807, 2.05) is 25.1 Å². The number of esters is 1. The lowest BCUT2D eigenvalue weighted by Gasteiger charge is -2.13. The molecule has 0 fully saturated rings. The smallest absolute Gasteiger partial charge is 0.333 e. The first-order chi connectivity index (χ1) is 9.04. The van der Waals surface area contributed by atoms with Gasteiger partial charge in [0.2, 0.25) is 0 Å². The lowest BCUT2D eigenvalue weighted by atomic mass is 10.0. The van der Waals surface area contributed by atoms with E-state index in [1.54, 1.807) is 28.1 Å². The first kappa shape index (κ1) is 15.1. The predicted molar refractivity (Wildman–Crippen MR) is 74.4 cm³/mol. The largest absolute Gasteiger partial charge is 0.497 e. The van der Waals surface area contributed by atoms with Crippen molar-refractivity contribution in [1.29, 1.82) is 0 Å². The Bertz CT molecular complexity index is 489. The molecule has 0 bridgehead atoms. The highest BCUT2D eigenvalue weighted by Gasteiger charge is 2.14. The summed E-state index contributed by atoms with van der Waals surface area (Å²) < 4.78 is 15.5. The number of rotatable bonds is 5. The summed E-state index contributed by atoms with van der Waals surface area (Å²) in [7, 11) is 3.20. The summed E-state index contributed by atoms with van der Waals surface area (Å²) in [6.07, 6.45) is 0. The molecule has 1 aromatic rings. The molecule has 0 unspecified atom stereocenters. The number of hydrogen-bond acceptors (Lipinski definition) is 4. The van der Waals surface area contributed by atoms with Gasteiger partial charge in [0.1, 0.15) is 11.5 Å². The van der Waals surface area contributed by atoms with Crippen LogP contribution in [0.1, 0.15) is 26.3 Å². The van der Waals surface area contributed by atoms with Gasteiger partial charge in [-0.05, 0) is 44.5 Å². The predicted octanol–water partition coefficient (Wildman–Crippen LogP) is 3.06. The Labute approximate surface area is 114 Å². The molecule has 0 aliphatic rings. The summed E-state index contributed by atoms with van der Waals surface area (Å²) in [5.41, 5.74) is 2.20. The van der Waals surface area contributed by atoms with Crippen LogP contribution in [0.4, 0.5) is 0 Å². The molecule has 0 heterocycles. The standard InChI is InChI=1S/C15H20O4/c1-6-19-15(16)11(3)10(2)13-9-12(17-4)7-8-14(13)18-5/h7-9H,6H2,1-5H3/b11-10-. The molecule has 104 valence electrons. The first-order valence-corrected chi connectivity index (χ1v) is 6.12. The van der Waals surface area contributed by atoms with Crippen LogP contribution in [-0.2, 0) is 9.53 Å². The number of methoxy groups -OCH3 is 2. The van der Waals surface area contributed by atoms with Crippen molar-refractivity contribution in [3.05, 3.63) is 29.3 Å². The summed E-state index contributed by atoms with van der Waals surface area (Å²) in [5.74, 6) is 1.10. The van der Waals surface area contributed by atoms with Gasteiger partial charge in [-0.1, -0.05) is 0 Å². The maximum absolute atomic E-state index is 11.8. The molecule has 0 aliphatic carbocycles. The number of benzene rings is 1. The molecule has 19 heavy (non-hydrogen) atoms. The van der Waals surface area contributed by atoms with E-state index in [-0.39, 0.29) is 5.97 Å². The van der Waals surface area contributed by atoms with Crippen LogP contribution in [0, 0.1) is 0 Å². The zero-order valence-corrected chi connectivity index (χ0v) is 12.1. The molecule has 0 atom stereocenters. The molecular weight excluding hydrogens is 244 g/mol. The summed E-state index contributed by atoms with van der Waals surface area (Å²) in [6.45, 7) is 5.75. The van der Waals surface area contributed by atoms with Crippen LogP contribution in [0.3, 0.4) is 0 Å². The molecule has 0 spiro atoms. The SMILES string of the molecule is CCOC(=O)/C(C)=C(/C)c1cc(OC)ccc1OC. The highest BCUT2D eigenvalue weighted by Crippen LogP contribution is 2.31. The van der Waals surface area contributed by atoms with Crippen molar-refractivity contribution >= 4 is 11.5 Å². The summed E-state index contributed by atoms with van der Waals surface area (Å²) in [5, 5.41) is 0. The average Bonchev–Trinajstić information content (AvgIpc) is 2.45. The third-order valence-corrected chi connectivity index (χ3v) is 2.95. The van der Waals surface area contributed by atoms with Gasteiger partial charge in [-0.15, -0.1) is 0 Å². The van der Waals surface area contributed by atoms with Crippen molar-refractivity contribution in [3.63, 3.8) is 0 Å². The van der Waals surface area contributed by atoms with Gasteiger partial charge in [0.25, 0.3) is 0 Å². The molecule has 0 aromatic heterocycles. The second-order valence-electron chi connectivity index (χ2n) is 4.04. The third-order valence-electron chi connectivity index (χ3n) is 2.95. The molecule has 4 nitrogen and oxygen atoms in total. The summed E-state index contributed by atoms with van der Waals surface area (Å²) in [4.78, 5) is 11.8. The van der Waals surface area contributed by atoms with Crippen molar-refractivity contribution in [1.82, 2.24) is 0 Å². The minimum absolute atomic E-state index is 0.315. The van der Waals surface area contributed by atoms with Crippen LogP contribution in [0.15, 0.2) is 23.8 Å². The Hall–Kier alpha value is -1.97. The minimum Gasteiger partial charge on any atom is -0.497 e. The number of ether oxygens (including phenoxy) is 3. The van der Waals surface area contributed by atoms with Crippen LogP contribution < -0.4 is 9.47 Å². The lowest BCUT2D eigenvalue weighted by molar-refractivity contribution is -0.138. The Morgan fingerprint density at radius 2 is 1.84 bits per heavy atom. The fourth-order valence-electron chi connectivity index (χ4n) is 1.70. The Kier molecular flexibility index (Phi) is 5.42. The molecule has 0 saturated carbocycles. The van der Waals surface area contributed by atoms with Crippen LogP contribution in [0.25, 0.3) is 5.57 Å². The van der Waals surface area contributed by atoms with Gasteiger partial charge in [0.05, 0.1) is 20.8 Å². The van der Waals surface area contributed by atoms with E-state index in [4.69, 9.17) is 14.2 Å². The zero-order chi connectivity index (χ0) is 14.4. The van der Waals surface area contributed by atoms with Crippen molar-refractivity contribution in [3.8, 4) is 11.5 Å². The summed E-state index contributed by atoms with van der Waals surface area (Å²) in [6, 6.07) is 5.47. The Morgan fingerprint density at radius 1 is 1.16 bits per heavy atom. The van der Waals surface area contributed by atoms with Gasteiger partial charge in [-0.2, -0.15) is 0 Å². The van der Waals surface area contributed by atoms with E-state index in [2.05, 4.69) is 0 Å². The van der Waals surface area contributed by atoms with Gasteiger partial charge in [-0.25, -0.2) is 4.79 Å². The van der Waals surface area contributed by atoms with E-state index in [1.165, 1.54) is 0 Å².